The number of nitrogens with one attached hydrogen (secondary N) is 1. The van der Waals surface area contributed by atoms with Crippen LogP contribution >= 0.6 is 15.9 Å². The first-order chi connectivity index (χ1) is 9.06. The fraction of sp³-hybridized carbons (Fsp3) is 0.231. The van der Waals surface area contributed by atoms with E-state index in [1.807, 2.05) is 19.1 Å². The number of nitrogens with two attached hydrogens (primary N) is 1. The summed E-state index contributed by atoms with van der Waals surface area (Å²) in [5.41, 5.74) is 6.10. The Kier molecular flexibility index (Phi) is 3.90. The van der Waals surface area contributed by atoms with Crippen molar-refractivity contribution in [3.63, 3.8) is 0 Å². The molecule has 2 rings (SSSR count). The number of hydrogen-bond acceptors (Lipinski definition) is 3. The zero-order valence-electron chi connectivity index (χ0n) is 10.4. The van der Waals surface area contributed by atoms with Crippen LogP contribution in [0, 0.1) is 5.21 Å². The summed E-state index contributed by atoms with van der Waals surface area (Å²) in [4.78, 5) is 12.0. The number of amides is 1. The SMILES string of the molecule is CCCNC(=O)c1c(N)c2cccc(Br)c2c[n+]1[O-]. The van der Waals surface area contributed by atoms with E-state index < -0.39 is 5.91 Å². The van der Waals surface area contributed by atoms with Crippen molar-refractivity contribution < 1.29 is 9.52 Å². The molecule has 0 spiro atoms. The molecule has 2 aromatic rings. The average molecular weight is 324 g/mol. The van der Waals surface area contributed by atoms with E-state index in [-0.39, 0.29) is 11.4 Å². The molecule has 1 aromatic carbocycles. The topological polar surface area (TPSA) is 82.1 Å². The van der Waals surface area contributed by atoms with E-state index in [0.29, 0.717) is 22.0 Å². The zero-order chi connectivity index (χ0) is 14.0. The van der Waals surface area contributed by atoms with E-state index in [4.69, 9.17) is 5.73 Å². The Bertz CT molecular complexity index is 643. The second kappa shape index (κ2) is 5.44. The Balaban J connectivity index is 2.60. The first-order valence-electron chi connectivity index (χ1n) is 5.94. The minimum atomic E-state index is -0.448. The molecule has 0 saturated carbocycles. The molecule has 3 N–H and O–H groups in total. The number of aromatic nitrogens is 1. The number of nitrogens with zero attached hydrogens (tertiary/aromatic N) is 1. The number of anilines is 1. The molecule has 6 heteroatoms. The van der Waals surface area contributed by atoms with Crippen molar-refractivity contribution in [1.29, 1.82) is 0 Å². The third kappa shape index (κ3) is 2.49. The molecule has 0 radical (unpaired) electrons. The van der Waals surface area contributed by atoms with Crippen LogP contribution < -0.4 is 15.8 Å². The van der Waals surface area contributed by atoms with Gasteiger partial charge in [-0.3, -0.25) is 4.79 Å². The second-order valence-corrected chi connectivity index (χ2v) is 5.03. The van der Waals surface area contributed by atoms with Crippen LogP contribution in [0.3, 0.4) is 0 Å². The van der Waals surface area contributed by atoms with Gasteiger partial charge in [-0.1, -0.05) is 19.1 Å². The summed E-state index contributed by atoms with van der Waals surface area (Å²) in [7, 11) is 0. The summed E-state index contributed by atoms with van der Waals surface area (Å²) in [6.45, 7) is 2.45. The van der Waals surface area contributed by atoms with Crippen molar-refractivity contribution in [2.24, 2.45) is 0 Å². The van der Waals surface area contributed by atoms with Crippen LogP contribution in [0.25, 0.3) is 10.8 Å². The molecule has 100 valence electrons. The van der Waals surface area contributed by atoms with Crippen LogP contribution in [0.1, 0.15) is 23.8 Å². The van der Waals surface area contributed by atoms with Crippen molar-refractivity contribution in [1.82, 2.24) is 5.32 Å². The van der Waals surface area contributed by atoms with Gasteiger partial charge in [0.1, 0.15) is 5.69 Å². The second-order valence-electron chi connectivity index (χ2n) is 4.17. The normalized spacial score (nSPS) is 10.6. The largest absolute Gasteiger partial charge is 0.618 e. The minimum Gasteiger partial charge on any atom is -0.618 e. The first kappa shape index (κ1) is 13.6. The Hall–Kier alpha value is -1.82. The average Bonchev–Trinajstić information content (AvgIpc) is 2.38. The van der Waals surface area contributed by atoms with Gasteiger partial charge in [-0.05, 0) is 28.4 Å². The summed E-state index contributed by atoms with van der Waals surface area (Å²) in [5.74, 6) is -0.448. The number of carbonyl (C=O) groups is 1. The number of rotatable bonds is 3. The van der Waals surface area contributed by atoms with Crippen molar-refractivity contribution in [2.45, 2.75) is 13.3 Å². The Morgan fingerprint density at radius 1 is 1.47 bits per heavy atom. The predicted octanol–water partition coefficient (Wildman–Crippen LogP) is 1.96. The zero-order valence-corrected chi connectivity index (χ0v) is 12.0. The van der Waals surface area contributed by atoms with E-state index in [1.165, 1.54) is 6.20 Å². The lowest BCUT2D eigenvalue weighted by Gasteiger charge is -2.10. The van der Waals surface area contributed by atoms with Gasteiger partial charge in [0, 0.05) is 16.4 Å². The van der Waals surface area contributed by atoms with Crippen molar-refractivity contribution in [3.05, 3.63) is 39.8 Å². The highest BCUT2D eigenvalue weighted by Crippen LogP contribution is 2.27. The van der Waals surface area contributed by atoms with E-state index >= 15 is 0 Å². The van der Waals surface area contributed by atoms with Gasteiger partial charge in [0.2, 0.25) is 0 Å². The van der Waals surface area contributed by atoms with Gasteiger partial charge in [0.15, 0.2) is 6.20 Å². The summed E-state index contributed by atoms with van der Waals surface area (Å²) >= 11 is 3.36. The highest BCUT2D eigenvalue weighted by molar-refractivity contribution is 9.10. The molecule has 0 aliphatic carbocycles. The number of fused-ring (bicyclic) bond motifs is 1. The van der Waals surface area contributed by atoms with Gasteiger partial charge in [0.05, 0.1) is 5.39 Å². The molecule has 0 fully saturated rings. The maximum absolute atomic E-state index is 12.0. The summed E-state index contributed by atoms with van der Waals surface area (Å²) in [6, 6.07) is 5.41. The first-order valence-corrected chi connectivity index (χ1v) is 6.73. The van der Waals surface area contributed by atoms with Gasteiger partial charge < -0.3 is 16.3 Å². The van der Waals surface area contributed by atoms with Crippen molar-refractivity contribution in [3.8, 4) is 0 Å². The molecule has 5 nitrogen and oxygen atoms in total. The molecule has 0 saturated heterocycles. The lowest BCUT2D eigenvalue weighted by atomic mass is 10.1. The minimum absolute atomic E-state index is 0.0564. The van der Waals surface area contributed by atoms with E-state index in [0.717, 1.165) is 10.9 Å². The molecule has 0 unspecified atom stereocenters. The fourth-order valence-electron chi connectivity index (χ4n) is 1.88. The number of benzene rings is 1. The molecule has 0 atom stereocenters. The van der Waals surface area contributed by atoms with E-state index in [9.17, 15) is 10.0 Å². The Morgan fingerprint density at radius 3 is 2.89 bits per heavy atom. The molecular formula is C13H14BrN3O2. The smallest absolute Gasteiger partial charge is 0.319 e. The van der Waals surface area contributed by atoms with Crippen molar-refractivity contribution >= 4 is 38.3 Å². The molecule has 0 aliphatic heterocycles. The molecule has 19 heavy (non-hydrogen) atoms. The van der Waals surface area contributed by atoms with Gasteiger partial charge in [0.25, 0.3) is 0 Å². The van der Waals surface area contributed by atoms with Crippen LogP contribution in [-0.2, 0) is 0 Å². The number of halogens is 1. The highest BCUT2D eigenvalue weighted by atomic mass is 79.9. The number of nitrogen functional groups attached to an aromatic ring is 1. The summed E-state index contributed by atoms with van der Waals surface area (Å²) in [5, 5.41) is 16.0. The molecule has 1 heterocycles. The number of pyridine rings is 1. The van der Waals surface area contributed by atoms with Gasteiger partial charge in [-0.15, -0.1) is 0 Å². The number of hydrogen-bond donors (Lipinski definition) is 2. The van der Waals surface area contributed by atoms with E-state index in [1.54, 1.807) is 6.07 Å². The van der Waals surface area contributed by atoms with Crippen LogP contribution in [0.15, 0.2) is 28.9 Å². The van der Waals surface area contributed by atoms with E-state index in [2.05, 4.69) is 21.2 Å². The third-order valence-electron chi connectivity index (χ3n) is 2.82. The quantitative estimate of drug-likeness (QED) is 0.669. The molecule has 1 aromatic heterocycles. The van der Waals surface area contributed by atoms with Gasteiger partial charge in [-0.2, -0.15) is 4.73 Å². The Labute approximate surface area is 119 Å². The van der Waals surface area contributed by atoms with Crippen LogP contribution in [0.5, 0.6) is 0 Å². The summed E-state index contributed by atoms with van der Waals surface area (Å²) < 4.78 is 1.29. The van der Waals surface area contributed by atoms with Crippen LogP contribution in [0.2, 0.25) is 0 Å². The van der Waals surface area contributed by atoms with Gasteiger partial charge >= 0.3 is 11.6 Å². The maximum Gasteiger partial charge on any atom is 0.319 e. The predicted molar refractivity (Wildman–Crippen MR) is 77.6 cm³/mol. The van der Waals surface area contributed by atoms with Crippen LogP contribution in [0.4, 0.5) is 5.69 Å². The number of carbonyl (C=O) groups excluding carboxylic acids is 1. The molecule has 1 amide bonds. The molecular weight excluding hydrogens is 310 g/mol. The van der Waals surface area contributed by atoms with Crippen LogP contribution in [-0.4, -0.2) is 12.5 Å². The molecule has 0 aliphatic rings. The fourth-order valence-corrected chi connectivity index (χ4v) is 2.34. The standard InChI is InChI=1S/C13H14BrN3O2/c1-2-6-16-13(18)12-11(15)8-4-3-5-10(14)9(8)7-17(12)19/h3-5,7H,2,6,15H2,1H3,(H,16,18). The van der Waals surface area contributed by atoms with Gasteiger partial charge in [-0.25, -0.2) is 0 Å². The maximum atomic E-state index is 12.0. The summed E-state index contributed by atoms with van der Waals surface area (Å²) in [6.07, 6.45) is 2.15. The monoisotopic (exact) mass is 323 g/mol. The lowest BCUT2D eigenvalue weighted by molar-refractivity contribution is -0.605. The lowest BCUT2D eigenvalue weighted by Crippen LogP contribution is -2.40. The third-order valence-corrected chi connectivity index (χ3v) is 3.51. The van der Waals surface area contributed by atoms with Crippen molar-refractivity contribution in [2.75, 3.05) is 12.3 Å². The molecule has 0 bridgehead atoms. The Morgan fingerprint density at radius 2 is 2.21 bits per heavy atom. The highest BCUT2D eigenvalue weighted by Gasteiger charge is 2.23.